The van der Waals surface area contributed by atoms with Crippen molar-refractivity contribution in [2.75, 3.05) is 19.6 Å². The van der Waals surface area contributed by atoms with E-state index >= 15 is 0 Å². The van der Waals surface area contributed by atoms with Gasteiger partial charge in [0.2, 0.25) is 0 Å². The van der Waals surface area contributed by atoms with Crippen LogP contribution in [0.15, 0.2) is 18.2 Å². The van der Waals surface area contributed by atoms with Crippen LogP contribution in [0.1, 0.15) is 35.7 Å². The van der Waals surface area contributed by atoms with E-state index in [2.05, 4.69) is 0 Å². The molecule has 1 aromatic rings. The van der Waals surface area contributed by atoms with Crippen molar-refractivity contribution in [3.8, 4) is 0 Å². The molecule has 0 aliphatic rings. The number of carbonyl (C=O) groups excluding carboxylic acids is 1. The number of rotatable bonds is 6. The smallest absolute Gasteiger partial charge is 0.253 e. The quantitative estimate of drug-likeness (QED) is 0.844. The van der Waals surface area contributed by atoms with Gasteiger partial charge in [0, 0.05) is 18.7 Å². The standard InChI is InChI=1S/C14H21FN2O/c1-3-8-17(9-4-7-16)14(18)12-6-5-11(2)13(15)10-12/h5-6,10H,3-4,7-9,16H2,1-2H3. The number of hydrogen-bond acceptors (Lipinski definition) is 2. The van der Waals surface area contributed by atoms with Crippen LogP contribution in [0.3, 0.4) is 0 Å². The minimum atomic E-state index is -0.337. The molecule has 0 saturated carbocycles. The van der Waals surface area contributed by atoms with E-state index in [4.69, 9.17) is 5.73 Å². The molecular weight excluding hydrogens is 231 g/mol. The van der Waals surface area contributed by atoms with Gasteiger partial charge in [-0.3, -0.25) is 4.79 Å². The molecule has 1 aromatic carbocycles. The van der Waals surface area contributed by atoms with Crippen molar-refractivity contribution in [3.63, 3.8) is 0 Å². The van der Waals surface area contributed by atoms with E-state index in [1.54, 1.807) is 24.0 Å². The molecule has 0 heterocycles. The van der Waals surface area contributed by atoms with Crippen molar-refractivity contribution in [3.05, 3.63) is 35.1 Å². The van der Waals surface area contributed by atoms with E-state index in [-0.39, 0.29) is 11.7 Å². The maximum atomic E-state index is 13.5. The Morgan fingerprint density at radius 3 is 2.67 bits per heavy atom. The van der Waals surface area contributed by atoms with E-state index < -0.39 is 0 Å². The largest absolute Gasteiger partial charge is 0.339 e. The normalized spacial score (nSPS) is 10.4. The van der Waals surface area contributed by atoms with E-state index in [1.807, 2.05) is 6.92 Å². The summed E-state index contributed by atoms with van der Waals surface area (Å²) in [5, 5.41) is 0. The average molecular weight is 252 g/mol. The third kappa shape index (κ3) is 3.81. The van der Waals surface area contributed by atoms with Gasteiger partial charge in [0.1, 0.15) is 5.82 Å². The molecule has 0 atom stereocenters. The highest BCUT2D eigenvalue weighted by molar-refractivity contribution is 5.94. The zero-order valence-electron chi connectivity index (χ0n) is 11.1. The van der Waals surface area contributed by atoms with Gasteiger partial charge < -0.3 is 10.6 Å². The molecule has 0 spiro atoms. The number of hydrogen-bond donors (Lipinski definition) is 1. The molecule has 3 nitrogen and oxygen atoms in total. The molecule has 100 valence electrons. The van der Waals surface area contributed by atoms with Crippen LogP contribution in [0.4, 0.5) is 4.39 Å². The van der Waals surface area contributed by atoms with Crippen LogP contribution in [0.25, 0.3) is 0 Å². The molecule has 1 amide bonds. The Bertz CT molecular complexity index is 407. The lowest BCUT2D eigenvalue weighted by atomic mass is 10.1. The highest BCUT2D eigenvalue weighted by atomic mass is 19.1. The Balaban J connectivity index is 2.83. The van der Waals surface area contributed by atoms with Crippen molar-refractivity contribution in [2.24, 2.45) is 5.73 Å². The van der Waals surface area contributed by atoms with E-state index in [0.717, 1.165) is 12.8 Å². The summed E-state index contributed by atoms with van der Waals surface area (Å²) in [6, 6.07) is 4.62. The molecule has 0 unspecified atom stereocenters. The number of nitrogens with zero attached hydrogens (tertiary/aromatic N) is 1. The maximum absolute atomic E-state index is 13.5. The Morgan fingerprint density at radius 2 is 2.11 bits per heavy atom. The second-order valence-corrected chi connectivity index (χ2v) is 4.40. The van der Waals surface area contributed by atoms with Crippen LogP contribution in [0.2, 0.25) is 0 Å². The average Bonchev–Trinajstić information content (AvgIpc) is 2.37. The van der Waals surface area contributed by atoms with Crippen molar-refractivity contribution in [2.45, 2.75) is 26.7 Å². The highest BCUT2D eigenvalue weighted by Gasteiger charge is 2.15. The summed E-state index contributed by atoms with van der Waals surface area (Å²) in [6.45, 7) is 5.54. The van der Waals surface area contributed by atoms with E-state index in [1.165, 1.54) is 6.07 Å². The fraction of sp³-hybridized carbons (Fsp3) is 0.500. The molecule has 2 N–H and O–H groups in total. The Labute approximate surface area is 108 Å². The summed E-state index contributed by atoms with van der Waals surface area (Å²) in [6.07, 6.45) is 1.64. The second-order valence-electron chi connectivity index (χ2n) is 4.40. The van der Waals surface area contributed by atoms with Gasteiger partial charge in [-0.2, -0.15) is 0 Å². The van der Waals surface area contributed by atoms with Crippen LogP contribution in [-0.4, -0.2) is 30.4 Å². The summed E-state index contributed by atoms with van der Waals surface area (Å²) in [7, 11) is 0. The lowest BCUT2D eigenvalue weighted by molar-refractivity contribution is 0.0754. The predicted octanol–water partition coefficient (Wildman–Crippen LogP) is 2.34. The molecule has 4 heteroatoms. The zero-order valence-corrected chi connectivity index (χ0v) is 11.1. The van der Waals surface area contributed by atoms with E-state index in [0.29, 0.717) is 30.8 Å². The van der Waals surface area contributed by atoms with Crippen molar-refractivity contribution >= 4 is 5.91 Å². The fourth-order valence-corrected chi connectivity index (χ4v) is 1.78. The minimum Gasteiger partial charge on any atom is -0.339 e. The maximum Gasteiger partial charge on any atom is 0.253 e. The molecule has 0 aliphatic heterocycles. The summed E-state index contributed by atoms with van der Waals surface area (Å²) in [4.78, 5) is 14.0. The summed E-state index contributed by atoms with van der Waals surface area (Å²) < 4.78 is 13.5. The predicted molar refractivity (Wildman–Crippen MR) is 71.0 cm³/mol. The van der Waals surface area contributed by atoms with Gasteiger partial charge in [-0.05, 0) is 44.0 Å². The summed E-state index contributed by atoms with van der Waals surface area (Å²) >= 11 is 0. The van der Waals surface area contributed by atoms with E-state index in [9.17, 15) is 9.18 Å². The molecule has 1 rings (SSSR count). The van der Waals surface area contributed by atoms with Crippen molar-refractivity contribution in [1.82, 2.24) is 4.90 Å². The number of carbonyl (C=O) groups is 1. The Morgan fingerprint density at radius 1 is 1.39 bits per heavy atom. The molecule has 0 bridgehead atoms. The van der Waals surface area contributed by atoms with Gasteiger partial charge >= 0.3 is 0 Å². The first-order chi connectivity index (χ1) is 8.60. The Hall–Kier alpha value is -1.42. The topological polar surface area (TPSA) is 46.3 Å². The van der Waals surface area contributed by atoms with Gasteiger partial charge in [-0.25, -0.2) is 4.39 Å². The molecule has 0 aliphatic carbocycles. The van der Waals surface area contributed by atoms with Crippen LogP contribution in [0, 0.1) is 12.7 Å². The van der Waals surface area contributed by atoms with Crippen molar-refractivity contribution in [1.29, 1.82) is 0 Å². The summed E-state index contributed by atoms with van der Waals surface area (Å²) in [5.41, 5.74) is 6.42. The van der Waals surface area contributed by atoms with Crippen LogP contribution < -0.4 is 5.73 Å². The SMILES string of the molecule is CCCN(CCCN)C(=O)c1ccc(C)c(F)c1. The van der Waals surface area contributed by atoms with Gasteiger partial charge in [-0.15, -0.1) is 0 Å². The Kier molecular flexibility index (Phi) is 5.78. The molecular formula is C14H21FN2O. The third-order valence-corrected chi connectivity index (χ3v) is 2.83. The van der Waals surface area contributed by atoms with Crippen LogP contribution >= 0.6 is 0 Å². The lowest BCUT2D eigenvalue weighted by Gasteiger charge is -2.22. The molecule has 18 heavy (non-hydrogen) atoms. The highest BCUT2D eigenvalue weighted by Crippen LogP contribution is 2.12. The second kappa shape index (κ2) is 7.11. The number of aryl methyl sites for hydroxylation is 1. The van der Waals surface area contributed by atoms with Crippen molar-refractivity contribution < 1.29 is 9.18 Å². The minimum absolute atomic E-state index is 0.121. The van der Waals surface area contributed by atoms with Gasteiger partial charge in [0.15, 0.2) is 0 Å². The number of halogens is 1. The first-order valence-electron chi connectivity index (χ1n) is 6.35. The number of benzene rings is 1. The number of amides is 1. The molecule has 0 aromatic heterocycles. The zero-order chi connectivity index (χ0) is 13.5. The van der Waals surface area contributed by atoms with Gasteiger partial charge in [0.05, 0.1) is 0 Å². The molecule has 0 radical (unpaired) electrons. The molecule has 0 saturated heterocycles. The van der Waals surface area contributed by atoms with Gasteiger partial charge in [0.25, 0.3) is 5.91 Å². The summed E-state index contributed by atoms with van der Waals surface area (Å²) in [5.74, 6) is -0.458. The van der Waals surface area contributed by atoms with Gasteiger partial charge in [-0.1, -0.05) is 13.0 Å². The van der Waals surface area contributed by atoms with Crippen LogP contribution in [0.5, 0.6) is 0 Å². The third-order valence-electron chi connectivity index (χ3n) is 2.83. The lowest BCUT2D eigenvalue weighted by Crippen LogP contribution is -2.33. The first-order valence-corrected chi connectivity index (χ1v) is 6.35. The fourth-order valence-electron chi connectivity index (χ4n) is 1.78. The monoisotopic (exact) mass is 252 g/mol. The first kappa shape index (κ1) is 14.6. The number of nitrogens with two attached hydrogens (primary N) is 1. The molecule has 0 fully saturated rings. The van der Waals surface area contributed by atoms with Crippen LogP contribution in [-0.2, 0) is 0 Å².